The topological polar surface area (TPSA) is 45.1 Å². The summed E-state index contributed by atoms with van der Waals surface area (Å²) >= 11 is 0. The Bertz CT molecular complexity index is 283. The van der Waals surface area contributed by atoms with Crippen LogP contribution >= 0.6 is 0 Å². The van der Waals surface area contributed by atoms with Crippen LogP contribution in [0.5, 0.6) is 0 Å². The summed E-state index contributed by atoms with van der Waals surface area (Å²) in [7, 11) is 0. The molecule has 0 saturated heterocycles. The largest absolute Gasteiger partial charge is 0.389 e. The number of hydrogen-bond donors (Lipinski definition) is 2. The van der Waals surface area contributed by atoms with Crippen molar-refractivity contribution in [2.24, 2.45) is 5.92 Å². The highest BCUT2D eigenvalue weighted by molar-refractivity contribution is 5.09. The van der Waals surface area contributed by atoms with Crippen LogP contribution in [0.25, 0.3) is 0 Å². The zero-order chi connectivity index (χ0) is 11.3. The molecule has 3 nitrogen and oxygen atoms in total. The molecule has 0 fully saturated rings. The Morgan fingerprint density at radius 3 is 2.53 bits per heavy atom. The molecule has 15 heavy (non-hydrogen) atoms. The second-order valence-corrected chi connectivity index (χ2v) is 4.47. The molecule has 84 valence electrons. The van der Waals surface area contributed by atoms with Crippen molar-refractivity contribution in [2.45, 2.75) is 32.9 Å². The van der Waals surface area contributed by atoms with E-state index in [1.54, 1.807) is 12.4 Å². The summed E-state index contributed by atoms with van der Waals surface area (Å²) in [5, 5.41) is 13.2. The number of pyridine rings is 1. The molecule has 0 radical (unpaired) electrons. The van der Waals surface area contributed by atoms with Gasteiger partial charge < -0.3 is 10.4 Å². The molecule has 0 saturated carbocycles. The van der Waals surface area contributed by atoms with Gasteiger partial charge in [-0.1, -0.05) is 13.8 Å². The predicted molar refractivity (Wildman–Crippen MR) is 61.4 cm³/mol. The van der Waals surface area contributed by atoms with Crippen LogP contribution in [0.2, 0.25) is 0 Å². The van der Waals surface area contributed by atoms with E-state index in [4.69, 9.17) is 0 Å². The number of aliphatic hydroxyl groups is 1. The lowest BCUT2D eigenvalue weighted by atomic mass is 9.92. The maximum atomic E-state index is 9.99. The van der Waals surface area contributed by atoms with Crippen molar-refractivity contribution in [2.75, 3.05) is 6.54 Å². The van der Waals surface area contributed by atoms with Crippen LogP contribution in [0.3, 0.4) is 0 Å². The maximum absolute atomic E-state index is 9.99. The van der Waals surface area contributed by atoms with Gasteiger partial charge in [0.05, 0.1) is 5.60 Å². The fourth-order valence-corrected chi connectivity index (χ4v) is 1.16. The first-order valence-electron chi connectivity index (χ1n) is 5.34. The molecule has 1 rings (SSSR count). The second-order valence-electron chi connectivity index (χ2n) is 4.47. The summed E-state index contributed by atoms with van der Waals surface area (Å²) in [6.07, 6.45) is 3.55. The molecule has 1 heterocycles. The first kappa shape index (κ1) is 12.1. The molecule has 0 aliphatic rings. The third-order valence-electron chi connectivity index (χ3n) is 2.81. The summed E-state index contributed by atoms with van der Waals surface area (Å²) < 4.78 is 0. The van der Waals surface area contributed by atoms with Gasteiger partial charge in [-0.2, -0.15) is 0 Å². The molecule has 1 aromatic heterocycles. The highest BCUT2D eigenvalue weighted by Gasteiger charge is 2.23. The lowest BCUT2D eigenvalue weighted by Crippen LogP contribution is -2.41. The van der Waals surface area contributed by atoms with Gasteiger partial charge in [0.15, 0.2) is 0 Å². The van der Waals surface area contributed by atoms with Crippen molar-refractivity contribution in [1.29, 1.82) is 0 Å². The summed E-state index contributed by atoms with van der Waals surface area (Å²) in [6.45, 7) is 7.28. The van der Waals surface area contributed by atoms with Crippen molar-refractivity contribution in [3.63, 3.8) is 0 Å². The number of nitrogens with zero attached hydrogens (tertiary/aromatic N) is 1. The first-order chi connectivity index (χ1) is 7.02. The van der Waals surface area contributed by atoms with Crippen LogP contribution in [0.4, 0.5) is 0 Å². The van der Waals surface area contributed by atoms with E-state index in [1.807, 2.05) is 32.9 Å². The van der Waals surface area contributed by atoms with E-state index in [-0.39, 0.29) is 5.92 Å². The highest BCUT2D eigenvalue weighted by Crippen LogP contribution is 2.14. The van der Waals surface area contributed by atoms with E-state index in [9.17, 15) is 5.11 Å². The normalized spacial score (nSPS) is 15.3. The molecule has 2 N–H and O–H groups in total. The zero-order valence-electron chi connectivity index (χ0n) is 9.70. The number of nitrogens with one attached hydrogen (secondary N) is 1. The molecular weight excluding hydrogens is 188 g/mol. The average Bonchev–Trinajstić information content (AvgIpc) is 2.19. The van der Waals surface area contributed by atoms with Gasteiger partial charge >= 0.3 is 0 Å². The quantitative estimate of drug-likeness (QED) is 0.772. The van der Waals surface area contributed by atoms with Gasteiger partial charge in [0.25, 0.3) is 0 Å². The van der Waals surface area contributed by atoms with Gasteiger partial charge in [0, 0.05) is 25.5 Å². The Morgan fingerprint density at radius 2 is 2.00 bits per heavy atom. The van der Waals surface area contributed by atoms with Crippen molar-refractivity contribution in [3.8, 4) is 0 Å². The van der Waals surface area contributed by atoms with Crippen molar-refractivity contribution in [1.82, 2.24) is 10.3 Å². The third-order valence-corrected chi connectivity index (χ3v) is 2.81. The smallest absolute Gasteiger partial charge is 0.0766 e. The van der Waals surface area contributed by atoms with Crippen LogP contribution < -0.4 is 5.32 Å². The SMILES string of the molecule is CC(C)C(C)(O)CNCc1ccncc1. The monoisotopic (exact) mass is 208 g/mol. The minimum absolute atomic E-state index is 0.252. The average molecular weight is 208 g/mol. The van der Waals surface area contributed by atoms with Crippen LogP contribution in [-0.2, 0) is 6.54 Å². The molecule has 0 aromatic carbocycles. The van der Waals surface area contributed by atoms with E-state index < -0.39 is 5.60 Å². The molecule has 3 heteroatoms. The highest BCUT2D eigenvalue weighted by atomic mass is 16.3. The molecule has 1 atom stereocenters. The molecule has 0 aliphatic carbocycles. The number of rotatable bonds is 5. The Hall–Kier alpha value is -0.930. The Morgan fingerprint density at radius 1 is 1.40 bits per heavy atom. The predicted octanol–water partition coefficient (Wildman–Crippen LogP) is 1.58. The standard InChI is InChI=1S/C12H20N2O/c1-10(2)12(3,15)9-14-8-11-4-6-13-7-5-11/h4-7,10,14-15H,8-9H2,1-3H3. The van der Waals surface area contributed by atoms with Gasteiger partial charge in [0.2, 0.25) is 0 Å². The number of aromatic nitrogens is 1. The maximum Gasteiger partial charge on any atom is 0.0766 e. The van der Waals surface area contributed by atoms with Gasteiger partial charge in [-0.05, 0) is 30.5 Å². The first-order valence-corrected chi connectivity index (χ1v) is 5.34. The van der Waals surface area contributed by atoms with Crippen molar-refractivity contribution in [3.05, 3.63) is 30.1 Å². The van der Waals surface area contributed by atoms with Gasteiger partial charge in [-0.25, -0.2) is 0 Å². The molecule has 0 aliphatic heterocycles. The Labute approximate surface area is 91.5 Å². The summed E-state index contributed by atoms with van der Waals surface area (Å²) in [4.78, 5) is 3.95. The molecule has 0 amide bonds. The minimum Gasteiger partial charge on any atom is -0.389 e. The summed E-state index contributed by atoms with van der Waals surface area (Å²) in [5.74, 6) is 0.252. The zero-order valence-corrected chi connectivity index (χ0v) is 9.70. The molecular formula is C12H20N2O. The van der Waals surface area contributed by atoms with Gasteiger partial charge in [0.1, 0.15) is 0 Å². The molecule has 1 aromatic rings. The van der Waals surface area contributed by atoms with E-state index in [0.717, 1.165) is 6.54 Å². The van der Waals surface area contributed by atoms with E-state index in [0.29, 0.717) is 6.54 Å². The van der Waals surface area contributed by atoms with E-state index in [1.165, 1.54) is 5.56 Å². The van der Waals surface area contributed by atoms with E-state index in [2.05, 4.69) is 10.3 Å². The molecule has 0 bridgehead atoms. The lowest BCUT2D eigenvalue weighted by molar-refractivity contribution is 0.0140. The Kier molecular flexibility index (Phi) is 4.24. The molecule has 1 unspecified atom stereocenters. The second kappa shape index (κ2) is 5.24. The fourth-order valence-electron chi connectivity index (χ4n) is 1.16. The third kappa shape index (κ3) is 3.98. The van der Waals surface area contributed by atoms with Gasteiger partial charge in [-0.15, -0.1) is 0 Å². The van der Waals surface area contributed by atoms with Crippen LogP contribution in [0.15, 0.2) is 24.5 Å². The van der Waals surface area contributed by atoms with Gasteiger partial charge in [-0.3, -0.25) is 4.98 Å². The van der Waals surface area contributed by atoms with Crippen LogP contribution in [0, 0.1) is 5.92 Å². The minimum atomic E-state index is -0.646. The summed E-state index contributed by atoms with van der Waals surface area (Å²) in [5.41, 5.74) is 0.539. The van der Waals surface area contributed by atoms with Crippen LogP contribution in [0.1, 0.15) is 26.3 Å². The lowest BCUT2D eigenvalue weighted by Gasteiger charge is -2.27. The van der Waals surface area contributed by atoms with Crippen LogP contribution in [-0.4, -0.2) is 22.2 Å². The Balaban J connectivity index is 2.34. The molecule has 0 spiro atoms. The van der Waals surface area contributed by atoms with Crippen molar-refractivity contribution >= 4 is 0 Å². The van der Waals surface area contributed by atoms with E-state index >= 15 is 0 Å². The fraction of sp³-hybridized carbons (Fsp3) is 0.583. The number of hydrogen-bond acceptors (Lipinski definition) is 3. The summed E-state index contributed by atoms with van der Waals surface area (Å²) in [6, 6.07) is 3.94. The van der Waals surface area contributed by atoms with Crippen molar-refractivity contribution < 1.29 is 5.11 Å².